The number of carbonyl (C=O) groups excluding carboxylic acids is 1. The van der Waals surface area contributed by atoms with Crippen LogP contribution in [0, 0.1) is 5.82 Å². The highest BCUT2D eigenvalue weighted by molar-refractivity contribution is 5.86. The van der Waals surface area contributed by atoms with Gasteiger partial charge in [-0.1, -0.05) is 18.2 Å². The summed E-state index contributed by atoms with van der Waals surface area (Å²) in [6.45, 7) is -0.0767. The molecule has 2 aromatic rings. The summed E-state index contributed by atoms with van der Waals surface area (Å²) in [4.78, 5) is 26.9. The molecule has 1 atom stereocenters. The summed E-state index contributed by atoms with van der Waals surface area (Å²) in [6.07, 6.45) is 6.87. The smallest absolute Gasteiger partial charge is 0.354 e. The predicted octanol–water partition coefficient (Wildman–Crippen LogP) is 2.47. The fourth-order valence-corrected chi connectivity index (χ4v) is 2.94. The first kappa shape index (κ1) is 16.9. The highest BCUT2D eigenvalue weighted by atomic mass is 19.1. The fraction of sp³-hybridized carbons (Fsp3) is 0.278. The van der Waals surface area contributed by atoms with Crippen LogP contribution in [0.3, 0.4) is 0 Å². The van der Waals surface area contributed by atoms with Crippen LogP contribution in [0.1, 0.15) is 35.3 Å². The molecule has 0 spiro atoms. The van der Waals surface area contributed by atoms with Crippen molar-refractivity contribution in [3.63, 3.8) is 0 Å². The van der Waals surface area contributed by atoms with Crippen molar-refractivity contribution in [3.8, 4) is 0 Å². The molecule has 0 saturated heterocycles. The molecule has 6 nitrogen and oxygen atoms in total. The van der Waals surface area contributed by atoms with E-state index < -0.39 is 5.97 Å². The first-order chi connectivity index (χ1) is 12.0. The van der Waals surface area contributed by atoms with E-state index in [1.807, 2.05) is 0 Å². The molecule has 1 aromatic heterocycles. The average Bonchev–Trinajstić information content (AvgIpc) is 3.04. The molecular weight excluding hydrogens is 325 g/mol. The normalized spacial score (nSPS) is 17.0. The van der Waals surface area contributed by atoms with Gasteiger partial charge in [0, 0.05) is 6.04 Å². The van der Waals surface area contributed by atoms with Gasteiger partial charge in [-0.15, -0.1) is 0 Å². The van der Waals surface area contributed by atoms with E-state index in [0.29, 0.717) is 6.42 Å². The molecule has 1 aliphatic carbocycles. The Balaban J connectivity index is 1.56. The molecule has 1 amide bonds. The third kappa shape index (κ3) is 4.12. The molecule has 1 heterocycles. The van der Waals surface area contributed by atoms with Gasteiger partial charge in [-0.2, -0.15) is 0 Å². The molecule has 1 unspecified atom stereocenters. The number of rotatable bonds is 5. The fourth-order valence-electron chi connectivity index (χ4n) is 2.94. The lowest BCUT2D eigenvalue weighted by atomic mass is 9.91. The Morgan fingerprint density at radius 1 is 1.32 bits per heavy atom. The second kappa shape index (κ2) is 7.29. The van der Waals surface area contributed by atoms with Gasteiger partial charge in [-0.3, -0.25) is 4.79 Å². The number of nitrogens with zero attached hydrogens (tertiary/aromatic N) is 2. The van der Waals surface area contributed by atoms with Crippen molar-refractivity contribution in [1.82, 2.24) is 14.9 Å². The van der Waals surface area contributed by atoms with Gasteiger partial charge in [0.1, 0.15) is 18.1 Å². The highest BCUT2D eigenvalue weighted by Gasteiger charge is 2.19. The Kier molecular flexibility index (Phi) is 4.92. The monoisotopic (exact) mass is 343 g/mol. The van der Waals surface area contributed by atoms with Gasteiger partial charge >= 0.3 is 5.97 Å². The van der Waals surface area contributed by atoms with E-state index >= 15 is 0 Å². The van der Waals surface area contributed by atoms with Gasteiger partial charge in [-0.25, -0.2) is 14.2 Å². The zero-order valence-electron chi connectivity index (χ0n) is 13.5. The Morgan fingerprint density at radius 3 is 2.72 bits per heavy atom. The summed E-state index contributed by atoms with van der Waals surface area (Å²) in [5.74, 6) is -1.62. The van der Waals surface area contributed by atoms with Crippen molar-refractivity contribution in [1.29, 1.82) is 0 Å². The Bertz CT molecular complexity index is 811. The topological polar surface area (TPSA) is 84.2 Å². The molecule has 7 heteroatoms. The summed E-state index contributed by atoms with van der Waals surface area (Å²) in [6, 6.07) is 6.40. The third-order valence-electron chi connectivity index (χ3n) is 4.24. The van der Waals surface area contributed by atoms with E-state index in [2.05, 4.69) is 16.4 Å². The minimum atomic E-state index is -1.12. The number of hydrogen-bond donors (Lipinski definition) is 2. The Labute approximate surface area is 144 Å². The molecule has 0 radical (unpaired) electrons. The molecule has 0 saturated carbocycles. The minimum absolute atomic E-state index is 0.00787. The molecule has 0 aliphatic heterocycles. The second-order valence-electron chi connectivity index (χ2n) is 5.99. The van der Waals surface area contributed by atoms with Crippen LogP contribution in [0.25, 0.3) is 5.57 Å². The van der Waals surface area contributed by atoms with Crippen LogP contribution in [-0.4, -0.2) is 32.6 Å². The zero-order chi connectivity index (χ0) is 17.8. The molecule has 0 fully saturated rings. The van der Waals surface area contributed by atoms with Gasteiger partial charge in [0.2, 0.25) is 5.91 Å². The van der Waals surface area contributed by atoms with Crippen LogP contribution in [0.4, 0.5) is 4.39 Å². The third-order valence-corrected chi connectivity index (χ3v) is 4.24. The summed E-state index contributed by atoms with van der Waals surface area (Å²) in [5.41, 5.74) is 2.13. The van der Waals surface area contributed by atoms with Crippen LogP contribution in [0.15, 0.2) is 42.9 Å². The molecule has 1 aromatic carbocycles. The second-order valence-corrected chi connectivity index (χ2v) is 5.99. The predicted molar refractivity (Wildman–Crippen MR) is 89.3 cm³/mol. The zero-order valence-corrected chi connectivity index (χ0v) is 13.5. The number of allylic oxidation sites excluding steroid dienone is 1. The number of aromatic nitrogens is 2. The van der Waals surface area contributed by atoms with Gasteiger partial charge in [0.05, 0.1) is 12.5 Å². The van der Waals surface area contributed by atoms with Crippen molar-refractivity contribution in [2.75, 3.05) is 0 Å². The number of nitrogens with one attached hydrogen (secondary N) is 1. The quantitative estimate of drug-likeness (QED) is 0.873. The molecule has 0 bridgehead atoms. The Hall–Kier alpha value is -2.96. The van der Waals surface area contributed by atoms with E-state index in [1.54, 1.807) is 12.1 Å². The van der Waals surface area contributed by atoms with Crippen molar-refractivity contribution < 1.29 is 19.1 Å². The van der Waals surface area contributed by atoms with Crippen molar-refractivity contribution in [2.45, 2.75) is 31.8 Å². The summed E-state index contributed by atoms with van der Waals surface area (Å²) < 4.78 is 14.3. The molecule has 1 aliphatic rings. The molecule has 2 N–H and O–H groups in total. The standard InChI is InChI=1S/C18H18FN3O3/c19-14-5-1-12(2-6-14)13-3-7-15(8-4-13)21-17(23)10-22-11-20-9-16(22)18(24)25/h1-3,5-6,9,11,15H,4,7-8,10H2,(H,21,23)(H,24,25). The summed E-state index contributed by atoms with van der Waals surface area (Å²) in [7, 11) is 0. The molecule has 25 heavy (non-hydrogen) atoms. The number of carboxylic acid groups (broad SMARTS) is 1. The first-order valence-electron chi connectivity index (χ1n) is 8.00. The number of carboxylic acids is 1. The van der Waals surface area contributed by atoms with E-state index in [1.165, 1.54) is 29.2 Å². The summed E-state index contributed by atoms with van der Waals surface area (Å²) >= 11 is 0. The number of imidazole rings is 1. The molecule has 130 valence electrons. The number of carbonyl (C=O) groups is 2. The van der Waals surface area contributed by atoms with Crippen molar-refractivity contribution in [2.24, 2.45) is 0 Å². The lowest BCUT2D eigenvalue weighted by molar-refractivity contribution is -0.122. The first-order valence-corrected chi connectivity index (χ1v) is 8.00. The maximum atomic E-state index is 13.0. The maximum Gasteiger partial charge on any atom is 0.354 e. The van der Waals surface area contributed by atoms with Crippen molar-refractivity contribution in [3.05, 3.63) is 59.9 Å². The minimum Gasteiger partial charge on any atom is -0.477 e. The van der Waals surface area contributed by atoms with Crippen LogP contribution >= 0.6 is 0 Å². The van der Waals surface area contributed by atoms with E-state index in [9.17, 15) is 14.0 Å². The number of halogens is 1. The SMILES string of the molecule is O=C(Cn1cncc1C(=O)O)NC1CC=C(c2ccc(F)cc2)CC1. The molecular formula is C18H18FN3O3. The van der Waals surface area contributed by atoms with E-state index in [-0.39, 0.29) is 30.0 Å². The Morgan fingerprint density at radius 2 is 2.08 bits per heavy atom. The van der Waals surface area contributed by atoms with Gasteiger partial charge in [0.15, 0.2) is 0 Å². The van der Waals surface area contributed by atoms with Crippen LogP contribution in [0.5, 0.6) is 0 Å². The van der Waals surface area contributed by atoms with Gasteiger partial charge in [-0.05, 0) is 42.5 Å². The molecule has 3 rings (SSSR count). The largest absolute Gasteiger partial charge is 0.477 e. The van der Waals surface area contributed by atoms with Crippen molar-refractivity contribution >= 4 is 17.4 Å². The van der Waals surface area contributed by atoms with Crippen LogP contribution in [-0.2, 0) is 11.3 Å². The number of amides is 1. The average molecular weight is 343 g/mol. The highest BCUT2D eigenvalue weighted by Crippen LogP contribution is 2.27. The van der Waals surface area contributed by atoms with Crippen LogP contribution in [0.2, 0.25) is 0 Å². The lowest BCUT2D eigenvalue weighted by Crippen LogP contribution is -2.38. The number of aromatic carboxylic acids is 1. The lowest BCUT2D eigenvalue weighted by Gasteiger charge is -2.23. The van der Waals surface area contributed by atoms with Crippen LogP contribution < -0.4 is 5.32 Å². The van der Waals surface area contributed by atoms with E-state index in [0.717, 1.165) is 24.0 Å². The number of hydrogen-bond acceptors (Lipinski definition) is 3. The van der Waals surface area contributed by atoms with Gasteiger partial charge < -0.3 is 15.0 Å². The maximum absolute atomic E-state index is 13.0. The summed E-state index contributed by atoms with van der Waals surface area (Å²) in [5, 5.41) is 11.9. The van der Waals surface area contributed by atoms with E-state index in [4.69, 9.17) is 5.11 Å². The van der Waals surface area contributed by atoms with Gasteiger partial charge in [0.25, 0.3) is 0 Å². The number of benzene rings is 1.